The lowest BCUT2D eigenvalue weighted by molar-refractivity contribution is -0.866. The molecule has 0 aromatic heterocycles. The lowest BCUT2D eigenvalue weighted by Gasteiger charge is -2.37. The van der Waals surface area contributed by atoms with E-state index in [0.29, 0.717) is 6.61 Å². The van der Waals surface area contributed by atoms with Crippen molar-refractivity contribution in [2.24, 2.45) is 0 Å². The zero-order valence-corrected chi connectivity index (χ0v) is 9.68. The summed E-state index contributed by atoms with van der Waals surface area (Å²) in [5.74, 6) is -0.448. The molecule has 0 saturated heterocycles. The average molecular weight is 223 g/mol. The molecule has 0 N–H and O–H groups in total. The molecule has 1 aromatic rings. The maximum atomic E-state index is 12.0. The van der Waals surface area contributed by atoms with Gasteiger partial charge in [0.25, 0.3) is 0 Å². The van der Waals surface area contributed by atoms with E-state index in [2.05, 4.69) is 0 Å². The van der Waals surface area contributed by atoms with E-state index in [9.17, 15) is 10.0 Å². The Kier molecular flexibility index (Phi) is 4.46. The van der Waals surface area contributed by atoms with E-state index in [-0.39, 0.29) is 13.1 Å². The summed E-state index contributed by atoms with van der Waals surface area (Å²) in [5, 5.41) is 12.0. The standard InChI is InChI=1S/C12H17NO3/c1-3-16-12(14)10-13(2,15)9-11-7-5-4-6-8-11/h4-8H,3,9-10H2,1-2H3. The fraction of sp³-hybridized carbons (Fsp3) is 0.417. The summed E-state index contributed by atoms with van der Waals surface area (Å²) in [4.78, 5) is 11.2. The summed E-state index contributed by atoms with van der Waals surface area (Å²) in [6.07, 6.45) is 0. The quantitative estimate of drug-likeness (QED) is 0.433. The van der Waals surface area contributed by atoms with Crippen molar-refractivity contribution in [1.29, 1.82) is 0 Å². The molecule has 0 amide bonds. The predicted molar refractivity (Wildman–Crippen MR) is 61.2 cm³/mol. The molecule has 0 saturated carbocycles. The zero-order valence-electron chi connectivity index (χ0n) is 9.68. The van der Waals surface area contributed by atoms with Gasteiger partial charge in [-0.05, 0) is 6.92 Å². The number of hydrogen-bond donors (Lipinski definition) is 0. The third kappa shape index (κ3) is 4.42. The Morgan fingerprint density at radius 1 is 1.38 bits per heavy atom. The number of rotatable bonds is 5. The lowest BCUT2D eigenvalue weighted by atomic mass is 10.2. The maximum Gasteiger partial charge on any atom is 0.362 e. The second-order valence-corrected chi connectivity index (χ2v) is 3.90. The van der Waals surface area contributed by atoms with Gasteiger partial charge in [-0.3, -0.25) is 0 Å². The van der Waals surface area contributed by atoms with Gasteiger partial charge < -0.3 is 14.6 Å². The number of likely N-dealkylation sites (N-methyl/N-ethyl adjacent to an activating group) is 1. The number of ether oxygens (including phenoxy) is 1. The topological polar surface area (TPSA) is 49.4 Å². The van der Waals surface area contributed by atoms with Crippen molar-refractivity contribution < 1.29 is 14.2 Å². The molecule has 4 nitrogen and oxygen atoms in total. The molecule has 4 heteroatoms. The molecule has 0 fully saturated rings. The molecule has 1 atom stereocenters. The van der Waals surface area contributed by atoms with Crippen LogP contribution in [0.4, 0.5) is 0 Å². The SMILES string of the molecule is CCOC(=O)C[N+](C)([O-])Cc1ccccc1. The van der Waals surface area contributed by atoms with Gasteiger partial charge in [0.1, 0.15) is 6.54 Å². The molecule has 1 rings (SSSR count). The molecular weight excluding hydrogens is 206 g/mol. The van der Waals surface area contributed by atoms with Crippen molar-refractivity contribution in [1.82, 2.24) is 0 Å². The fourth-order valence-electron chi connectivity index (χ4n) is 1.51. The van der Waals surface area contributed by atoms with Crippen LogP contribution in [0.5, 0.6) is 0 Å². The van der Waals surface area contributed by atoms with Crippen molar-refractivity contribution in [3.63, 3.8) is 0 Å². The van der Waals surface area contributed by atoms with Gasteiger partial charge in [0, 0.05) is 5.56 Å². The Morgan fingerprint density at radius 3 is 2.56 bits per heavy atom. The van der Waals surface area contributed by atoms with Crippen molar-refractivity contribution >= 4 is 5.97 Å². The van der Waals surface area contributed by atoms with Gasteiger partial charge in [0.15, 0.2) is 6.54 Å². The third-order valence-corrected chi connectivity index (χ3v) is 2.13. The van der Waals surface area contributed by atoms with Crippen LogP contribution in [0, 0.1) is 5.21 Å². The second kappa shape index (κ2) is 5.63. The summed E-state index contributed by atoms with van der Waals surface area (Å²) in [5.41, 5.74) is 0.921. The van der Waals surface area contributed by atoms with Gasteiger partial charge in [0.05, 0.1) is 13.7 Å². The minimum atomic E-state index is -0.636. The highest BCUT2D eigenvalue weighted by atomic mass is 16.6. The Morgan fingerprint density at radius 2 is 2.00 bits per heavy atom. The number of hydrogen-bond acceptors (Lipinski definition) is 3. The molecule has 0 aliphatic carbocycles. The highest BCUT2D eigenvalue weighted by molar-refractivity contribution is 5.70. The molecule has 1 aromatic carbocycles. The average Bonchev–Trinajstić information content (AvgIpc) is 2.17. The first-order chi connectivity index (χ1) is 7.53. The third-order valence-electron chi connectivity index (χ3n) is 2.13. The molecular formula is C12H17NO3. The first-order valence-electron chi connectivity index (χ1n) is 5.28. The van der Waals surface area contributed by atoms with Gasteiger partial charge in [0.2, 0.25) is 0 Å². The van der Waals surface area contributed by atoms with Gasteiger partial charge >= 0.3 is 5.97 Å². The highest BCUT2D eigenvalue weighted by Gasteiger charge is 2.17. The lowest BCUT2D eigenvalue weighted by Crippen LogP contribution is -2.41. The zero-order chi connectivity index (χ0) is 12.0. The van der Waals surface area contributed by atoms with E-state index in [1.807, 2.05) is 30.3 Å². The van der Waals surface area contributed by atoms with E-state index in [1.54, 1.807) is 6.92 Å². The largest absolute Gasteiger partial charge is 0.632 e. The first kappa shape index (κ1) is 12.7. The van der Waals surface area contributed by atoms with Gasteiger partial charge in [-0.15, -0.1) is 0 Å². The number of hydroxylamine groups is 3. The van der Waals surface area contributed by atoms with E-state index in [4.69, 9.17) is 4.74 Å². The Labute approximate surface area is 95.6 Å². The van der Waals surface area contributed by atoms with Crippen LogP contribution in [0.25, 0.3) is 0 Å². The highest BCUT2D eigenvalue weighted by Crippen LogP contribution is 2.09. The molecule has 16 heavy (non-hydrogen) atoms. The molecule has 0 spiro atoms. The number of carbonyl (C=O) groups excluding carboxylic acids is 1. The summed E-state index contributed by atoms with van der Waals surface area (Å²) < 4.78 is 4.12. The van der Waals surface area contributed by atoms with E-state index >= 15 is 0 Å². The van der Waals surface area contributed by atoms with Crippen LogP contribution >= 0.6 is 0 Å². The molecule has 0 bridgehead atoms. The van der Waals surface area contributed by atoms with Crippen LogP contribution in [0.1, 0.15) is 12.5 Å². The van der Waals surface area contributed by atoms with Crippen molar-refractivity contribution in [3.8, 4) is 0 Å². The van der Waals surface area contributed by atoms with Crippen molar-refractivity contribution in [2.75, 3.05) is 20.2 Å². The number of quaternary nitrogens is 1. The van der Waals surface area contributed by atoms with Crippen LogP contribution in [-0.2, 0) is 16.1 Å². The smallest absolute Gasteiger partial charge is 0.362 e. The number of carbonyl (C=O) groups is 1. The monoisotopic (exact) mass is 223 g/mol. The number of benzene rings is 1. The van der Waals surface area contributed by atoms with Crippen molar-refractivity contribution in [3.05, 3.63) is 41.1 Å². The van der Waals surface area contributed by atoms with Gasteiger partial charge in [-0.2, -0.15) is 0 Å². The molecule has 0 aliphatic heterocycles. The number of nitrogens with zero attached hydrogens (tertiary/aromatic N) is 1. The Balaban J connectivity index is 2.54. The fourth-order valence-corrected chi connectivity index (χ4v) is 1.51. The minimum absolute atomic E-state index is 0.150. The van der Waals surface area contributed by atoms with Crippen LogP contribution < -0.4 is 0 Å². The van der Waals surface area contributed by atoms with Crippen LogP contribution in [-0.4, -0.2) is 30.8 Å². The minimum Gasteiger partial charge on any atom is -0.632 e. The normalized spacial score (nSPS) is 14.2. The van der Waals surface area contributed by atoms with Gasteiger partial charge in [-0.1, -0.05) is 30.3 Å². The van der Waals surface area contributed by atoms with Crippen molar-refractivity contribution in [2.45, 2.75) is 13.5 Å². The summed E-state index contributed by atoms with van der Waals surface area (Å²) in [6, 6.07) is 9.39. The molecule has 1 unspecified atom stereocenters. The summed E-state index contributed by atoms with van der Waals surface area (Å²) in [7, 11) is 1.48. The van der Waals surface area contributed by atoms with Crippen LogP contribution in [0.2, 0.25) is 0 Å². The summed E-state index contributed by atoms with van der Waals surface area (Å²) >= 11 is 0. The van der Waals surface area contributed by atoms with E-state index in [1.165, 1.54) is 7.05 Å². The first-order valence-corrected chi connectivity index (χ1v) is 5.28. The molecule has 0 heterocycles. The number of esters is 1. The van der Waals surface area contributed by atoms with Crippen LogP contribution in [0.3, 0.4) is 0 Å². The van der Waals surface area contributed by atoms with Crippen LogP contribution in [0.15, 0.2) is 30.3 Å². The molecule has 0 aliphatic rings. The molecule has 88 valence electrons. The van der Waals surface area contributed by atoms with Gasteiger partial charge in [-0.25, -0.2) is 4.79 Å². The molecule has 0 radical (unpaired) electrons. The Bertz CT molecular complexity index is 335. The van der Waals surface area contributed by atoms with E-state index in [0.717, 1.165) is 5.56 Å². The maximum absolute atomic E-state index is 12.0. The predicted octanol–water partition coefficient (Wildman–Crippen LogP) is 1.69. The summed E-state index contributed by atoms with van der Waals surface area (Å²) in [6.45, 7) is 2.16. The second-order valence-electron chi connectivity index (χ2n) is 3.90. The Hall–Kier alpha value is -1.39. The van der Waals surface area contributed by atoms with E-state index < -0.39 is 10.6 Å².